The highest BCUT2D eigenvalue weighted by Gasteiger charge is 2.17. The molecule has 1 aromatic carbocycles. The lowest BCUT2D eigenvalue weighted by Crippen LogP contribution is -2.02. The number of imidazole rings is 1. The lowest BCUT2D eigenvalue weighted by Gasteiger charge is -2.10. The SMILES string of the molecule is [2H]C([2H])(Cl)c1ccc(-n2c(-c3cccnc3N)nc3ccc(Br)nc32)cc1. The number of hydrogen-bond acceptors (Lipinski definition) is 4. The van der Waals surface area contributed by atoms with Crippen molar-refractivity contribution in [3.63, 3.8) is 0 Å². The van der Waals surface area contributed by atoms with Gasteiger partial charge in [-0.25, -0.2) is 15.0 Å². The van der Waals surface area contributed by atoms with Gasteiger partial charge in [0, 0.05) is 20.5 Å². The van der Waals surface area contributed by atoms with Gasteiger partial charge in [-0.1, -0.05) is 12.1 Å². The number of nitrogens with zero attached hydrogens (tertiary/aromatic N) is 4. The van der Waals surface area contributed by atoms with E-state index < -0.39 is 5.83 Å². The molecule has 2 N–H and O–H groups in total. The monoisotopic (exact) mass is 415 g/mol. The maximum atomic E-state index is 7.65. The predicted octanol–water partition coefficient (Wildman–Crippen LogP) is 4.57. The van der Waals surface area contributed by atoms with Crippen LogP contribution in [0.3, 0.4) is 0 Å². The van der Waals surface area contributed by atoms with E-state index in [0.29, 0.717) is 38.5 Å². The highest BCUT2D eigenvalue weighted by atomic mass is 79.9. The Labute approximate surface area is 160 Å². The number of rotatable bonds is 3. The molecule has 3 heterocycles. The van der Waals surface area contributed by atoms with Crippen LogP contribution in [0.1, 0.15) is 8.30 Å². The van der Waals surface area contributed by atoms with E-state index in [1.165, 1.54) is 0 Å². The van der Waals surface area contributed by atoms with Gasteiger partial charge in [-0.2, -0.15) is 0 Å². The molecule has 0 atom stereocenters. The minimum absolute atomic E-state index is 0.363. The first kappa shape index (κ1) is 13.8. The molecule has 0 saturated heterocycles. The number of pyridine rings is 2. The second-order valence-corrected chi connectivity index (χ2v) is 6.33. The first-order valence-corrected chi connectivity index (χ1v) is 8.57. The van der Waals surface area contributed by atoms with Gasteiger partial charge < -0.3 is 5.73 Å². The van der Waals surface area contributed by atoms with Crippen LogP contribution in [0.15, 0.2) is 59.3 Å². The number of alkyl halides is 1. The van der Waals surface area contributed by atoms with Gasteiger partial charge in [0.25, 0.3) is 0 Å². The molecule has 0 aliphatic rings. The van der Waals surface area contributed by atoms with Crippen molar-refractivity contribution in [1.29, 1.82) is 0 Å². The van der Waals surface area contributed by atoms with Gasteiger partial charge in [-0.15, -0.1) is 11.6 Å². The van der Waals surface area contributed by atoms with E-state index in [0.717, 1.165) is 5.69 Å². The van der Waals surface area contributed by atoms with Crippen LogP contribution in [0, 0.1) is 0 Å². The summed E-state index contributed by atoms with van der Waals surface area (Å²) in [7, 11) is 0. The van der Waals surface area contributed by atoms with E-state index in [2.05, 4.69) is 25.9 Å². The van der Waals surface area contributed by atoms with Crippen molar-refractivity contribution in [3.05, 3.63) is 64.9 Å². The quantitative estimate of drug-likeness (QED) is 0.392. The molecule has 124 valence electrons. The van der Waals surface area contributed by atoms with E-state index in [4.69, 9.17) is 25.1 Å². The first-order chi connectivity index (χ1) is 12.8. The molecule has 5 nitrogen and oxygen atoms in total. The molecule has 3 aromatic heterocycles. The van der Waals surface area contributed by atoms with Crippen molar-refractivity contribution in [2.24, 2.45) is 0 Å². The molecule has 0 spiro atoms. The maximum absolute atomic E-state index is 7.65. The summed E-state index contributed by atoms with van der Waals surface area (Å²) < 4.78 is 17.8. The normalized spacial score (nSPS) is 12.9. The van der Waals surface area contributed by atoms with Gasteiger partial charge in [-0.3, -0.25) is 4.57 Å². The number of benzene rings is 1. The van der Waals surface area contributed by atoms with E-state index in [9.17, 15) is 0 Å². The zero-order valence-electron chi connectivity index (χ0n) is 14.8. The molecule has 4 aromatic rings. The Morgan fingerprint density at radius 3 is 2.64 bits per heavy atom. The lowest BCUT2D eigenvalue weighted by atomic mass is 10.2. The minimum atomic E-state index is -1.94. The number of halogens is 2. The summed E-state index contributed by atoms with van der Waals surface area (Å²) in [5, 5.41) is 0. The highest BCUT2D eigenvalue weighted by molar-refractivity contribution is 9.10. The van der Waals surface area contributed by atoms with Crippen molar-refractivity contribution in [3.8, 4) is 17.1 Å². The van der Waals surface area contributed by atoms with Gasteiger partial charge >= 0.3 is 0 Å². The van der Waals surface area contributed by atoms with E-state index in [-0.39, 0.29) is 0 Å². The molecule has 0 fully saturated rings. The number of nitrogens with two attached hydrogens (primary N) is 1. The summed E-state index contributed by atoms with van der Waals surface area (Å²) in [4.78, 5) is 13.4. The van der Waals surface area contributed by atoms with E-state index >= 15 is 0 Å². The predicted molar refractivity (Wildman–Crippen MR) is 104 cm³/mol. The van der Waals surface area contributed by atoms with Crippen LogP contribution in [0.5, 0.6) is 0 Å². The van der Waals surface area contributed by atoms with Crippen molar-refractivity contribution in [2.75, 3.05) is 5.73 Å². The Kier molecular flexibility index (Phi) is 3.57. The maximum Gasteiger partial charge on any atom is 0.166 e. The second-order valence-electron chi connectivity index (χ2n) is 5.33. The Morgan fingerprint density at radius 2 is 1.92 bits per heavy atom. The Hall–Kier alpha value is -2.44. The van der Waals surface area contributed by atoms with Crippen LogP contribution in [0.25, 0.3) is 28.2 Å². The van der Waals surface area contributed by atoms with Crippen LogP contribution in [0.2, 0.25) is 0 Å². The second kappa shape index (κ2) is 6.46. The molecule has 0 radical (unpaired) electrons. The summed E-state index contributed by atoms with van der Waals surface area (Å²) in [5.41, 5.74) is 9.22. The molecule has 0 aliphatic carbocycles. The standard InChI is InChI=1S/C18H13BrClN5/c19-15-8-7-14-18(24-15)25(12-5-3-11(10-20)4-6-12)17(23-14)13-2-1-9-22-16(13)21/h1-9H,10H2,(H2,21,22)/i10D2. The van der Waals surface area contributed by atoms with E-state index in [1.54, 1.807) is 36.5 Å². The Balaban J connectivity index is 1.99. The van der Waals surface area contributed by atoms with Crippen molar-refractivity contribution in [1.82, 2.24) is 19.5 Å². The number of hydrogen-bond donors (Lipinski definition) is 1. The fraction of sp³-hybridized carbons (Fsp3) is 0.0556. The van der Waals surface area contributed by atoms with Crippen molar-refractivity contribution in [2.45, 2.75) is 5.83 Å². The third-order valence-electron chi connectivity index (χ3n) is 3.78. The molecule has 4 rings (SSSR count). The summed E-state index contributed by atoms with van der Waals surface area (Å²) in [5.74, 6) is -0.974. The molecule has 25 heavy (non-hydrogen) atoms. The summed E-state index contributed by atoms with van der Waals surface area (Å²) in [6.45, 7) is 0. The fourth-order valence-corrected chi connectivity index (χ4v) is 3.07. The summed E-state index contributed by atoms with van der Waals surface area (Å²) in [6.07, 6.45) is 1.62. The van der Waals surface area contributed by atoms with Crippen LogP contribution in [0.4, 0.5) is 5.82 Å². The van der Waals surface area contributed by atoms with E-state index in [1.807, 2.05) is 22.8 Å². The zero-order chi connectivity index (χ0) is 19.2. The largest absolute Gasteiger partial charge is 0.383 e. The number of nitrogen functional groups attached to an aromatic ring is 1. The van der Waals surface area contributed by atoms with Gasteiger partial charge in [-0.05, 0) is 57.9 Å². The number of aromatic nitrogens is 4. The Bertz CT molecular complexity index is 1140. The minimum Gasteiger partial charge on any atom is -0.383 e. The molecular weight excluding hydrogens is 402 g/mol. The smallest absolute Gasteiger partial charge is 0.166 e. The van der Waals surface area contributed by atoms with Crippen LogP contribution < -0.4 is 5.73 Å². The first-order valence-electron chi connectivity index (χ1n) is 8.40. The molecule has 0 unspecified atom stereocenters. The molecule has 0 bridgehead atoms. The molecule has 7 heteroatoms. The molecule has 0 amide bonds. The Morgan fingerprint density at radius 1 is 1.12 bits per heavy atom. The average Bonchev–Trinajstić information content (AvgIpc) is 2.99. The van der Waals surface area contributed by atoms with Gasteiger partial charge in [0.15, 0.2) is 11.5 Å². The highest BCUT2D eigenvalue weighted by Crippen LogP contribution is 2.30. The van der Waals surface area contributed by atoms with Gasteiger partial charge in [0.05, 0.1) is 5.56 Å². The fourth-order valence-electron chi connectivity index (χ4n) is 2.64. The van der Waals surface area contributed by atoms with Crippen molar-refractivity contribution < 1.29 is 2.74 Å². The van der Waals surface area contributed by atoms with Crippen LogP contribution in [-0.4, -0.2) is 19.5 Å². The summed E-state index contributed by atoms with van der Waals surface area (Å²) in [6, 6.07) is 14.2. The van der Waals surface area contributed by atoms with Gasteiger partial charge in [0.2, 0.25) is 0 Å². The summed E-state index contributed by atoms with van der Waals surface area (Å²) >= 11 is 9.17. The average molecular weight is 417 g/mol. The number of fused-ring (bicyclic) bond motifs is 1. The molecule has 0 saturated carbocycles. The van der Waals surface area contributed by atoms with Gasteiger partial charge in [0.1, 0.15) is 15.9 Å². The third kappa shape index (κ3) is 2.88. The molecule has 0 aliphatic heterocycles. The zero-order valence-corrected chi connectivity index (χ0v) is 15.2. The van der Waals surface area contributed by atoms with Crippen LogP contribution in [-0.2, 0) is 5.83 Å². The molecular formula is C18H13BrClN5. The van der Waals surface area contributed by atoms with Crippen LogP contribution >= 0.6 is 27.5 Å². The third-order valence-corrected chi connectivity index (χ3v) is 4.44. The topological polar surface area (TPSA) is 69.6 Å². The number of anilines is 1. The lowest BCUT2D eigenvalue weighted by molar-refractivity contribution is 1.07. The van der Waals surface area contributed by atoms with Crippen molar-refractivity contribution >= 4 is 44.5 Å².